The van der Waals surface area contributed by atoms with E-state index in [-0.39, 0.29) is 17.6 Å². The first-order chi connectivity index (χ1) is 8.01. The Balaban J connectivity index is 3.01. The fourth-order valence-electron chi connectivity index (χ4n) is 1.74. The van der Waals surface area contributed by atoms with Crippen LogP contribution in [-0.4, -0.2) is 7.11 Å². The standard InChI is InChI=1S/C13H17FN2O/c1-8(2)10(7-15)13(16)9-4-5-12(17-3)11(14)6-9/h4-6,8,10,13H,16H2,1-3H3. The zero-order chi connectivity index (χ0) is 13.0. The highest BCUT2D eigenvalue weighted by molar-refractivity contribution is 5.31. The van der Waals surface area contributed by atoms with Crippen LogP contribution in [0.15, 0.2) is 18.2 Å². The van der Waals surface area contributed by atoms with Crippen LogP contribution in [0.4, 0.5) is 4.39 Å². The van der Waals surface area contributed by atoms with Gasteiger partial charge in [0.2, 0.25) is 0 Å². The van der Waals surface area contributed by atoms with E-state index in [0.29, 0.717) is 5.56 Å². The summed E-state index contributed by atoms with van der Waals surface area (Å²) in [6, 6.07) is 6.23. The van der Waals surface area contributed by atoms with Gasteiger partial charge < -0.3 is 10.5 Å². The van der Waals surface area contributed by atoms with Crippen LogP contribution in [0, 0.1) is 29.0 Å². The van der Waals surface area contributed by atoms with Crippen molar-refractivity contribution in [3.63, 3.8) is 0 Å². The van der Waals surface area contributed by atoms with E-state index in [1.165, 1.54) is 19.2 Å². The molecule has 92 valence electrons. The average molecular weight is 236 g/mol. The lowest BCUT2D eigenvalue weighted by Crippen LogP contribution is -2.24. The molecule has 0 spiro atoms. The van der Waals surface area contributed by atoms with Crippen LogP contribution in [0.1, 0.15) is 25.5 Å². The van der Waals surface area contributed by atoms with Crippen molar-refractivity contribution in [2.75, 3.05) is 7.11 Å². The Kier molecular flexibility index (Phi) is 4.47. The fraction of sp³-hybridized carbons (Fsp3) is 0.462. The zero-order valence-corrected chi connectivity index (χ0v) is 10.3. The predicted molar refractivity (Wildman–Crippen MR) is 63.8 cm³/mol. The van der Waals surface area contributed by atoms with Crippen molar-refractivity contribution in [2.24, 2.45) is 17.6 Å². The molecular weight excluding hydrogens is 219 g/mol. The Morgan fingerprint density at radius 3 is 2.47 bits per heavy atom. The fourth-order valence-corrected chi connectivity index (χ4v) is 1.74. The molecule has 2 unspecified atom stereocenters. The van der Waals surface area contributed by atoms with Gasteiger partial charge in [-0.25, -0.2) is 4.39 Å². The van der Waals surface area contributed by atoms with E-state index in [4.69, 9.17) is 15.7 Å². The van der Waals surface area contributed by atoms with Gasteiger partial charge in [-0.15, -0.1) is 0 Å². The van der Waals surface area contributed by atoms with Crippen molar-refractivity contribution in [1.82, 2.24) is 0 Å². The highest BCUT2D eigenvalue weighted by atomic mass is 19.1. The molecule has 4 heteroatoms. The van der Waals surface area contributed by atoms with Gasteiger partial charge in [0, 0.05) is 6.04 Å². The molecule has 0 aliphatic carbocycles. The normalized spacial score (nSPS) is 14.2. The molecule has 2 atom stereocenters. The molecule has 0 saturated carbocycles. The molecule has 17 heavy (non-hydrogen) atoms. The molecular formula is C13H17FN2O. The van der Waals surface area contributed by atoms with E-state index < -0.39 is 11.9 Å². The summed E-state index contributed by atoms with van der Waals surface area (Å²) in [6.07, 6.45) is 0. The molecule has 0 bridgehead atoms. The van der Waals surface area contributed by atoms with Crippen molar-refractivity contribution in [3.8, 4) is 11.8 Å². The van der Waals surface area contributed by atoms with Gasteiger partial charge in [-0.1, -0.05) is 19.9 Å². The minimum Gasteiger partial charge on any atom is -0.494 e. The zero-order valence-electron chi connectivity index (χ0n) is 10.3. The van der Waals surface area contributed by atoms with Crippen molar-refractivity contribution in [1.29, 1.82) is 5.26 Å². The molecule has 0 fully saturated rings. The van der Waals surface area contributed by atoms with Crippen LogP contribution in [0.5, 0.6) is 5.75 Å². The smallest absolute Gasteiger partial charge is 0.165 e. The molecule has 0 radical (unpaired) electrons. The third-order valence-corrected chi connectivity index (χ3v) is 2.81. The summed E-state index contributed by atoms with van der Waals surface area (Å²) >= 11 is 0. The SMILES string of the molecule is COc1ccc(C(N)C(C#N)C(C)C)cc1F. The maximum absolute atomic E-state index is 13.5. The maximum Gasteiger partial charge on any atom is 0.165 e. The van der Waals surface area contributed by atoms with Crippen LogP contribution < -0.4 is 10.5 Å². The molecule has 1 aromatic rings. The van der Waals surface area contributed by atoms with Gasteiger partial charge in [-0.2, -0.15) is 5.26 Å². The van der Waals surface area contributed by atoms with Crippen LogP contribution in [-0.2, 0) is 0 Å². The van der Waals surface area contributed by atoms with Gasteiger partial charge >= 0.3 is 0 Å². The lowest BCUT2D eigenvalue weighted by atomic mass is 9.86. The van der Waals surface area contributed by atoms with E-state index in [9.17, 15) is 4.39 Å². The molecule has 0 saturated heterocycles. The third-order valence-electron chi connectivity index (χ3n) is 2.81. The van der Waals surface area contributed by atoms with Gasteiger partial charge in [0.25, 0.3) is 0 Å². The van der Waals surface area contributed by atoms with Crippen molar-refractivity contribution in [3.05, 3.63) is 29.6 Å². The number of hydrogen-bond donors (Lipinski definition) is 1. The number of methoxy groups -OCH3 is 1. The number of nitrogens with zero attached hydrogens (tertiary/aromatic N) is 1. The second-order valence-corrected chi connectivity index (χ2v) is 4.32. The molecule has 3 nitrogen and oxygen atoms in total. The Bertz CT molecular complexity index is 426. The summed E-state index contributed by atoms with van der Waals surface area (Å²) in [5, 5.41) is 9.05. The van der Waals surface area contributed by atoms with E-state index in [1.54, 1.807) is 6.07 Å². The summed E-state index contributed by atoms with van der Waals surface area (Å²) in [7, 11) is 1.41. The molecule has 1 aromatic carbocycles. The predicted octanol–water partition coefficient (Wildman–Crippen LogP) is 2.63. The van der Waals surface area contributed by atoms with E-state index in [2.05, 4.69) is 6.07 Å². The first-order valence-corrected chi connectivity index (χ1v) is 5.50. The van der Waals surface area contributed by atoms with Gasteiger partial charge in [-0.3, -0.25) is 0 Å². The number of nitrogens with two attached hydrogens (primary N) is 1. The van der Waals surface area contributed by atoms with Crippen molar-refractivity contribution in [2.45, 2.75) is 19.9 Å². The van der Waals surface area contributed by atoms with Gasteiger partial charge in [0.05, 0.1) is 19.1 Å². The highest BCUT2D eigenvalue weighted by Gasteiger charge is 2.23. The Morgan fingerprint density at radius 1 is 1.41 bits per heavy atom. The summed E-state index contributed by atoms with van der Waals surface area (Å²) in [5.74, 6) is -0.483. The van der Waals surface area contributed by atoms with E-state index in [1.807, 2.05) is 13.8 Å². The molecule has 0 aliphatic heterocycles. The molecule has 1 rings (SSSR count). The van der Waals surface area contributed by atoms with Crippen LogP contribution in [0.2, 0.25) is 0 Å². The summed E-state index contributed by atoms with van der Waals surface area (Å²) in [6.45, 7) is 3.85. The lowest BCUT2D eigenvalue weighted by molar-refractivity contribution is 0.381. The molecule has 0 aliphatic rings. The topological polar surface area (TPSA) is 59.0 Å². The van der Waals surface area contributed by atoms with Crippen molar-refractivity contribution >= 4 is 0 Å². The number of halogens is 1. The van der Waals surface area contributed by atoms with Crippen molar-refractivity contribution < 1.29 is 9.13 Å². The van der Waals surface area contributed by atoms with Gasteiger partial charge in [0.15, 0.2) is 11.6 Å². The minimum absolute atomic E-state index is 0.125. The van der Waals surface area contributed by atoms with E-state index in [0.717, 1.165) is 0 Å². The van der Waals surface area contributed by atoms with Gasteiger partial charge in [-0.05, 0) is 23.6 Å². The monoisotopic (exact) mass is 236 g/mol. The molecule has 0 amide bonds. The summed E-state index contributed by atoms with van der Waals surface area (Å²) in [4.78, 5) is 0. The Labute approximate surface area is 101 Å². The second-order valence-electron chi connectivity index (χ2n) is 4.32. The number of benzene rings is 1. The quantitative estimate of drug-likeness (QED) is 0.874. The summed E-state index contributed by atoms with van der Waals surface area (Å²) < 4.78 is 18.3. The summed E-state index contributed by atoms with van der Waals surface area (Å²) in [5.41, 5.74) is 6.60. The number of hydrogen-bond acceptors (Lipinski definition) is 3. The molecule has 0 aromatic heterocycles. The van der Waals surface area contributed by atoms with Crippen LogP contribution >= 0.6 is 0 Å². The Morgan fingerprint density at radius 2 is 2.06 bits per heavy atom. The average Bonchev–Trinajstić information content (AvgIpc) is 2.29. The first-order valence-electron chi connectivity index (χ1n) is 5.50. The molecule has 2 N–H and O–H groups in total. The number of ether oxygens (including phenoxy) is 1. The lowest BCUT2D eigenvalue weighted by Gasteiger charge is -2.21. The third kappa shape index (κ3) is 2.95. The number of nitriles is 1. The van der Waals surface area contributed by atoms with Crippen LogP contribution in [0.3, 0.4) is 0 Å². The molecule has 0 heterocycles. The largest absolute Gasteiger partial charge is 0.494 e. The minimum atomic E-state index is -0.486. The first kappa shape index (κ1) is 13.5. The van der Waals surface area contributed by atoms with Gasteiger partial charge in [0.1, 0.15) is 0 Å². The number of rotatable bonds is 4. The maximum atomic E-state index is 13.5. The second kappa shape index (κ2) is 5.65. The van der Waals surface area contributed by atoms with Crippen LogP contribution in [0.25, 0.3) is 0 Å². The van der Waals surface area contributed by atoms with E-state index >= 15 is 0 Å². The Hall–Kier alpha value is -1.60. The highest BCUT2D eigenvalue weighted by Crippen LogP contribution is 2.28.